The first-order valence-corrected chi connectivity index (χ1v) is 10.5. The number of nitrogen functional groups attached to an aromatic ring is 1. The van der Waals surface area contributed by atoms with Gasteiger partial charge in [-0.15, -0.1) is 11.8 Å². The summed E-state index contributed by atoms with van der Waals surface area (Å²) in [5.41, 5.74) is 9.87. The van der Waals surface area contributed by atoms with Crippen molar-refractivity contribution in [2.75, 3.05) is 22.1 Å². The van der Waals surface area contributed by atoms with Crippen molar-refractivity contribution in [2.24, 2.45) is 0 Å². The molecule has 29 heavy (non-hydrogen) atoms. The van der Waals surface area contributed by atoms with Gasteiger partial charge in [-0.2, -0.15) is 15.0 Å². The summed E-state index contributed by atoms with van der Waals surface area (Å²) in [6.45, 7) is 4.12. The highest BCUT2D eigenvalue weighted by Gasteiger charge is 2.08. The highest BCUT2D eigenvalue weighted by Crippen LogP contribution is 2.17. The molecule has 0 aliphatic rings. The van der Waals surface area contributed by atoms with Crippen molar-refractivity contribution in [3.8, 4) is 0 Å². The van der Waals surface area contributed by atoms with Crippen molar-refractivity contribution in [2.45, 2.75) is 26.0 Å². The molecule has 7 nitrogen and oxygen atoms in total. The van der Waals surface area contributed by atoms with Crippen LogP contribution in [0.2, 0.25) is 0 Å². The van der Waals surface area contributed by atoms with Crippen LogP contribution in [0.5, 0.6) is 0 Å². The van der Waals surface area contributed by atoms with Gasteiger partial charge in [-0.25, -0.2) is 0 Å². The molecule has 2 aromatic carbocycles. The van der Waals surface area contributed by atoms with Crippen LogP contribution >= 0.6 is 11.8 Å². The molecule has 0 unspecified atom stereocenters. The monoisotopic (exact) mass is 408 g/mol. The Balaban J connectivity index is 1.52. The summed E-state index contributed by atoms with van der Waals surface area (Å²) < 4.78 is 0. The number of aromatic nitrogens is 3. The lowest BCUT2D eigenvalue weighted by atomic mass is 10.1. The predicted molar refractivity (Wildman–Crippen MR) is 119 cm³/mol. The van der Waals surface area contributed by atoms with E-state index in [2.05, 4.69) is 32.5 Å². The van der Waals surface area contributed by atoms with Gasteiger partial charge < -0.3 is 16.4 Å². The number of hydrogen-bond donors (Lipinski definition) is 3. The van der Waals surface area contributed by atoms with Gasteiger partial charge in [-0.05, 0) is 43.2 Å². The SMILES string of the molecule is CCc1ccc(NC(=O)CSCc2nc(N)nc(Nc3ccc(C)cc3)n2)cc1. The van der Waals surface area contributed by atoms with Gasteiger partial charge >= 0.3 is 0 Å². The number of hydrogen-bond acceptors (Lipinski definition) is 7. The van der Waals surface area contributed by atoms with E-state index < -0.39 is 0 Å². The Morgan fingerprint density at radius 1 is 1.00 bits per heavy atom. The summed E-state index contributed by atoms with van der Waals surface area (Å²) >= 11 is 1.42. The second kappa shape index (κ2) is 9.88. The Morgan fingerprint density at radius 3 is 2.38 bits per heavy atom. The van der Waals surface area contributed by atoms with Crippen LogP contribution in [0.4, 0.5) is 23.3 Å². The second-order valence-electron chi connectivity index (χ2n) is 6.52. The standard InChI is InChI=1S/C21H24N6OS/c1-3-15-6-10-16(11-7-15)23-19(28)13-29-12-18-25-20(22)27-21(26-18)24-17-8-4-14(2)5-9-17/h4-11H,3,12-13H2,1-2H3,(H,23,28)(H3,22,24,25,26,27). The summed E-state index contributed by atoms with van der Waals surface area (Å²) in [5.74, 6) is 1.74. The number of thioether (sulfide) groups is 1. The molecule has 0 saturated carbocycles. The van der Waals surface area contributed by atoms with E-state index in [9.17, 15) is 4.79 Å². The van der Waals surface area contributed by atoms with E-state index in [1.54, 1.807) is 0 Å². The molecule has 1 heterocycles. The lowest BCUT2D eigenvalue weighted by Gasteiger charge is -2.08. The van der Waals surface area contributed by atoms with Gasteiger partial charge in [0.25, 0.3) is 0 Å². The van der Waals surface area contributed by atoms with Crippen LogP contribution < -0.4 is 16.4 Å². The minimum absolute atomic E-state index is 0.0701. The van der Waals surface area contributed by atoms with E-state index in [1.165, 1.54) is 22.9 Å². The minimum atomic E-state index is -0.0701. The molecule has 0 radical (unpaired) electrons. The molecule has 0 aliphatic carbocycles. The third kappa shape index (κ3) is 6.46. The first-order valence-electron chi connectivity index (χ1n) is 9.32. The highest BCUT2D eigenvalue weighted by atomic mass is 32.2. The van der Waals surface area contributed by atoms with Crippen molar-refractivity contribution in [1.82, 2.24) is 15.0 Å². The highest BCUT2D eigenvalue weighted by molar-refractivity contribution is 7.99. The number of nitrogens with two attached hydrogens (primary N) is 1. The van der Waals surface area contributed by atoms with E-state index in [-0.39, 0.29) is 11.9 Å². The predicted octanol–water partition coefficient (Wildman–Crippen LogP) is 3.94. The van der Waals surface area contributed by atoms with Crippen molar-refractivity contribution < 1.29 is 4.79 Å². The van der Waals surface area contributed by atoms with E-state index in [1.807, 2.05) is 55.5 Å². The maximum atomic E-state index is 12.1. The van der Waals surface area contributed by atoms with Crippen LogP contribution in [-0.2, 0) is 17.0 Å². The number of anilines is 4. The maximum Gasteiger partial charge on any atom is 0.234 e. The minimum Gasteiger partial charge on any atom is -0.368 e. The second-order valence-corrected chi connectivity index (χ2v) is 7.50. The fraction of sp³-hybridized carbons (Fsp3) is 0.238. The molecule has 0 bridgehead atoms. The number of carbonyl (C=O) groups excluding carboxylic acids is 1. The third-order valence-corrected chi connectivity index (χ3v) is 5.05. The van der Waals surface area contributed by atoms with Crippen LogP contribution in [0.15, 0.2) is 48.5 Å². The average molecular weight is 409 g/mol. The van der Waals surface area contributed by atoms with Crippen LogP contribution in [0.3, 0.4) is 0 Å². The van der Waals surface area contributed by atoms with Gasteiger partial charge in [-0.1, -0.05) is 36.8 Å². The zero-order valence-corrected chi connectivity index (χ0v) is 17.3. The van der Waals surface area contributed by atoms with Gasteiger partial charge in [0.2, 0.25) is 17.8 Å². The Hall–Kier alpha value is -3.13. The van der Waals surface area contributed by atoms with E-state index in [0.717, 1.165) is 17.8 Å². The van der Waals surface area contributed by atoms with Gasteiger partial charge in [-0.3, -0.25) is 4.79 Å². The van der Waals surface area contributed by atoms with Crippen molar-refractivity contribution in [3.05, 3.63) is 65.5 Å². The molecular weight excluding hydrogens is 384 g/mol. The third-order valence-electron chi connectivity index (χ3n) is 4.12. The Morgan fingerprint density at radius 2 is 1.69 bits per heavy atom. The first kappa shape index (κ1) is 20.6. The Labute approximate surface area is 174 Å². The molecular formula is C21H24N6OS. The van der Waals surface area contributed by atoms with E-state index in [0.29, 0.717) is 23.3 Å². The molecule has 3 rings (SSSR count). The molecule has 4 N–H and O–H groups in total. The summed E-state index contributed by atoms with van der Waals surface area (Å²) in [5, 5.41) is 6.01. The quantitative estimate of drug-likeness (QED) is 0.518. The Bertz CT molecular complexity index is 960. The van der Waals surface area contributed by atoms with Gasteiger partial charge in [0.05, 0.1) is 11.5 Å². The summed E-state index contributed by atoms with van der Waals surface area (Å²) in [6, 6.07) is 15.7. The fourth-order valence-electron chi connectivity index (χ4n) is 2.58. The number of nitrogens with one attached hydrogen (secondary N) is 2. The lowest BCUT2D eigenvalue weighted by molar-refractivity contribution is -0.113. The van der Waals surface area contributed by atoms with Gasteiger partial charge in [0.1, 0.15) is 5.82 Å². The van der Waals surface area contributed by atoms with Gasteiger partial charge in [0, 0.05) is 11.4 Å². The molecule has 0 fully saturated rings. The van der Waals surface area contributed by atoms with E-state index in [4.69, 9.17) is 5.73 Å². The number of benzene rings is 2. The number of nitrogens with zero attached hydrogens (tertiary/aromatic N) is 3. The molecule has 1 amide bonds. The largest absolute Gasteiger partial charge is 0.368 e. The van der Waals surface area contributed by atoms with Crippen LogP contribution in [-0.4, -0.2) is 26.6 Å². The zero-order chi connectivity index (χ0) is 20.6. The van der Waals surface area contributed by atoms with E-state index >= 15 is 0 Å². The smallest absolute Gasteiger partial charge is 0.234 e. The number of carbonyl (C=O) groups is 1. The molecule has 0 atom stereocenters. The maximum absolute atomic E-state index is 12.1. The molecule has 0 saturated heterocycles. The van der Waals surface area contributed by atoms with Crippen LogP contribution in [0.25, 0.3) is 0 Å². The topological polar surface area (TPSA) is 106 Å². The lowest BCUT2D eigenvalue weighted by Crippen LogP contribution is -2.14. The van der Waals surface area contributed by atoms with Crippen molar-refractivity contribution >= 4 is 40.9 Å². The Kier molecular flexibility index (Phi) is 7.02. The van der Waals surface area contributed by atoms with Crippen molar-refractivity contribution in [3.63, 3.8) is 0 Å². The molecule has 0 spiro atoms. The molecule has 150 valence electrons. The summed E-state index contributed by atoms with van der Waals surface area (Å²) in [7, 11) is 0. The fourth-order valence-corrected chi connectivity index (χ4v) is 3.25. The average Bonchev–Trinajstić information content (AvgIpc) is 2.70. The molecule has 0 aliphatic heterocycles. The number of amides is 1. The van der Waals surface area contributed by atoms with Gasteiger partial charge in [0.15, 0.2) is 0 Å². The van der Waals surface area contributed by atoms with Crippen LogP contribution in [0.1, 0.15) is 23.9 Å². The first-order chi connectivity index (χ1) is 14.0. The molecule has 1 aromatic heterocycles. The number of aryl methyl sites for hydroxylation is 2. The zero-order valence-electron chi connectivity index (χ0n) is 16.5. The molecule has 8 heteroatoms. The number of rotatable bonds is 8. The van der Waals surface area contributed by atoms with Crippen LogP contribution in [0, 0.1) is 6.92 Å². The molecule has 3 aromatic rings. The van der Waals surface area contributed by atoms with Crippen molar-refractivity contribution in [1.29, 1.82) is 0 Å². The summed E-state index contributed by atoms with van der Waals surface area (Å²) in [4.78, 5) is 24.8. The normalized spacial score (nSPS) is 10.6. The summed E-state index contributed by atoms with van der Waals surface area (Å²) in [6.07, 6.45) is 0.972.